The van der Waals surface area contributed by atoms with E-state index in [0.29, 0.717) is 19.3 Å². The molecule has 0 aromatic rings. The molecule has 0 bridgehead atoms. The Morgan fingerprint density at radius 2 is 0.545 bits per heavy atom. The van der Waals surface area contributed by atoms with Gasteiger partial charge in [0.15, 0.2) is 6.10 Å². The van der Waals surface area contributed by atoms with Gasteiger partial charge in [0.25, 0.3) is 0 Å². The quantitative estimate of drug-likeness (QED) is 0.0262. The predicted octanol–water partition coefficient (Wildman–Crippen LogP) is 19.3. The number of hydrogen-bond acceptors (Lipinski definition) is 6. The summed E-state index contributed by atoms with van der Waals surface area (Å²) in [5.41, 5.74) is 0. The first-order chi connectivity index (χ1) is 32.5. The number of carbonyl (C=O) groups is 3. The molecule has 0 amide bonds. The molecule has 0 saturated heterocycles. The minimum absolute atomic E-state index is 0.0673. The molecular weight excluding hydrogens is 817 g/mol. The van der Waals surface area contributed by atoms with E-state index in [-0.39, 0.29) is 31.1 Å². The summed E-state index contributed by atoms with van der Waals surface area (Å²) < 4.78 is 16.7. The second kappa shape index (κ2) is 55.2. The molecule has 386 valence electrons. The molecular formula is C60H110O6. The maximum Gasteiger partial charge on any atom is 0.306 e. The van der Waals surface area contributed by atoms with Gasteiger partial charge in [-0.05, 0) is 57.8 Å². The SMILES string of the molecule is CCCCCCC/C=C\C/C=C\C/C=C\CCCCCCCCCCCCCCCCCCCCC(=O)OCC(COC(=O)CCCCCCCC)OC(=O)CCCCCCCCCCC. The Labute approximate surface area is 410 Å². The molecule has 1 atom stereocenters. The van der Waals surface area contributed by atoms with Gasteiger partial charge in [0, 0.05) is 19.3 Å². The molecule has 0 N–H and O–H groups in total. The fourth-order valence-corrected chi connectivity index (χ4v) is 8.51. The molecule has 0 radical (unpaired) electrons. The number of rotatable bonds is 53. The summed E-state index contributed by atoms with van der Waals surface area (Å²) >= 11 is 0. The van der Waals surface area contributed by atoms with Crippen molar-refractivity contribution >= 4 is 17.9 Å². The van der Waals surface area contributed by atoms with Crippen LogP contribution in [0.1, 0.15) is 310 Å². The summed E-state index contributed by atoms with van der Waals surface area (Å²) in [5.74, 6) is -0.868. The standard InChI is InChI=1S/C60H110O6/c1-4-7-10-13-16-18-19-20-21-22-23-24-25-26-27-28-29-30-31-32-33-34-35-36-37-38-39-40-41-43-44-47-50-53-59(62)65-56-57(55-64-58(61)52-49-46-15-12-9-6-3)66-60(63)54-51-48-45-42-17-14-11-8-5-2/h19-20,22-23,25-26,57H,4-18,21,24,27-56H2,1-3H3/b20-19-,23-22-,26-25-. The number of ether oxygens (including phenoxy) is 3. The minimum atomic E-state index is -0.762. The van der Waals surface area contributed by atoms with Crippen LogP contribution in [0.4, 0.5) is 0 Å². The van der Waals surface area contributed by atoms with Crippen molar-refractivity contribution < 1.29 is 28.6 Å². The van der Waals surface area contributed by atoms with Crippen LogP contribution in [0.2, 0.25) is 0 Å². The average molecular weight is 928 g/mol. The highest BCUT2D eigenvalue weighted by atomic mass is 16.6. The van der Waals surface area contributed by atoms with Crippen LogP contribution in [-0.4, -0.2) is 37.2 Å². The van der Waals surface area contributed by atoms with Crippen molar-refractivity contribution in [2.75, 3.05) is 13.2 Å². The van der Waals surface area contributed by atoms with Gasteiger partial charge >= 0.3 is 17.9 Å². The summed E-state index contributed by atoms with van der Waals surface area (Å²) in [5, 5.41) is 0. The molecule has 0 rings (SSSR count). The van der Waals surface area contributed by atoms with Crippen LogP contribution >= 0.6 is 0 Å². The maximum absolute atomic E-state index is 12.7. The lowest BCUT2D eigenvalue weighted by atomic mass is 10.0. The van der Waals surface area contributed by atoms with E-state index < -0.39 is 6.10 Å². The first-order valence-corrected chi connectivity index (χ1v) is 29.0. The third kappa shape index (κ3) is 52.6. The zero-order valence-electron chi connectivity index (χ0n) is 44.2. The Hall–Kier alpha value is -2.37. The van der Waals surface area contributed by atoms with Crippen LogP contribution in [0.5, 0.6) is 0 Å². The topological polar surface area (TPSA) is 78.9 Å². The smallest absolute Gasteiger partial charge is 0.306 e. The predicted molar refractivity (Wildman–Crippen MR) is 284 cm³/mol. The Bertz CT molecular complexity index is 1110. The van der Waals surface area contributed by atoms with E-state index in [9.17, 15) is 14.4 Å². The van der Waals surface area contributed by atoms with Gasteiger partial charge in [-0.25, -0.2) is 0 Å². The fourth-order valence-electron chi connectivity index (χ4n) is 8.51. The van der Waals surface area contributed by atoms with E-state index in [1.807, 2.05) is 0 Å². The Balaban J connectivity index is 3.85. The summed E-state index contributed by atoms with van der Waals surface area (Å²) in [7, 11) is 0. The van der Waals surface area contributed by atoms with Crippen molar-refractivity contribution in [2.45, 2.75) is 316 Å². The summed E-state index contributed by atoms with van der Waals surface area (Å²) in [6.45, 7) is 6.57. The van der Waals surface area contributed by atoms with E-state index in [0.717, 1.165) is 70.6 Å². The molecule has 0 aromatic carbocycles. The van der Waals surface area contributed by atoms with E-state index in [2.05, 4.69) is 57.2 Å². The molecule has 66 heavy (non-hydrogen) atoms. The average Bonchev–Trinajstić information content (AvgIpc) is 3.31. The number of carbonyl (C=O) groups excluding carboxylic acids is 3. The Morgan fingerprint density at radius 3 is 0.848 bits per heavy atom. The molecule has 0 saturated carbocycles. The highest BCUT2D eigenvalue weighted by Gasteiger charge is 2.19. The lowest BCUT2D eigenvalue weighted by molar-refractivity contribution is -0.167. The van der Waals surface area contributed by atoms with Crippen LogP contribution in [0.25, 0.3) is 0 Å². The molecule has 0 fully saturated rings. The third-order valence-corrected chi connectivity index (χ3v) is 12.9. The number of esters is 3. The van der Waals surface area contributed by atoms with Gasteiger partial charge < -0.3 is 14.2 Å². The molecule has 0 aliphatic carbocycles. The molecule has 1 unspecified atom stereocenters. The number of hydrogen-bond donors (Lipinski definition) is 0. The van der Waals surface area contributed by atoms with Crippen molar-refractivity contribution in [3.63, 3.8) is 0 Å². The zero-order valence-corrected chi connectivity index (χ0v) is 44.2. The van der Waals surface area contributed by atoms with Crippen molar-refractivity contribution in [1.82, 2.24) is 0 Å². The maximum atomic E-state index is 12.7. The lowest BCUT2D eigenvalue weighted by Gasteiger charge is -2.18. The monoisotopic (exact) mass is 927 g/mol. The van der Waals surface area contributed by atoms with Gasteiger partial charge in [-0.15, -0.1) is 0 Å². The number of unbranched alkanes of at least 4 members (excludes halogenated alkanes) is 36. The Morgan fingerprint density at radius 1 is 0.303 bits per heavy atom. The number of allylic oxidation sites excluding steroid dienone is 6. The van der Waals surface area contributed by atoms with E-state index in [1.165, 1.54) is 199 Å². The molecule has 6 nitrogen and oxygen atoms in total. The van der Waals surface area contributed by atoms with Gasteiger partial charge in [-0.1, -0.05) is 269 Å². The summed E-state index contributed by atoms with van der Waals surface area (Å²) in [6, 6.07) is 0. The Kier molecular flexibility index (Phi) is 53.2. The molecule has 0 aliphatic rings. The molecule has 0 aromatic heterocycles. The first-order valence-electron chi connectivity index (χ1n) is 29.0. The third-order valence-electron chi connectivity index (χ3n) is 12.9. The molecule has 0 heterocycles. The first kappa shape index (κ1) is 63.6. The van der Waals surface area contributed by atoms with Crippen LogP contribution in [-0.2, 0) is 28.6 Å². The van der Waals surface area contributed by atoms with E-state index in [1.54, 1.807) is 0 Å². The lowest BCUT2D eigenvalue weighted by Crippen LogP contribution is -2.30. The van der Waals surface area contributed by atoms with Gasteiger partial charge in [0.1, 0.15) is 13.2 Å². The van der Waals surface area contributed by atoms with Crippen LogP contribution in [0.15, 0.2) is 36.5 Å². The summed E-state index contributed by atoms with van der Waals surface area (Å²) in [6.07, 6.45) is 66.3. The highest BCUT2D eigenvalue weighted by molar-refractivity contribution is 5.71. The van der Waals surface area contributed by atoms with Crippen molar-refractivity contribution in [2.24, 2.45) is 0 Å². The largest absolute Gasteiger partial charge is 0.462 e. The van der Waals surface area contributed by atoms with Gasteiger partial charge in [0.05, 0.1) is 0 Å². The fraction of sp³-hybridized carbons (Fsp3) is 0.850. The van der Waals surface area contributed by atoms with Crippen molar-refractivity contribution in [3.8, 4) is 0 Å². The second-order valence-electron chi connectivity index (χ2n) is 19.6. The van der Waals surface area contributed by atoms with Crippen LogP contribution in [0.3, 0.4) is 0 Å². The highest BCUT2D eigenvalue weighted by Crippen LogP contribution is 2.17. The van der Waals surface area contributed by atoms with Crippen molar-refractivity contribution in [3.05, 3.63) is 36.5 Å². The van der Waals surface area contributed by atoms with Crippen LogP contribution < -0.4 is 0 Å². The minimum Gasteiger partial charge on any atom is -0.462 e. The molecule has 6 heteroatoms. The van der Waals surface area contributed by atoms with Crippen LogP contribution in [0, 0.1) is 0 Å². The van der Waals surface area contributed by atoms with Crippen molar-refractivity contribution in [1.29, 1.82) is 0 Å². The van der Waals surface area contributed by atoms with Gasteiger partial charge in [0.2, 0.25) is 0 Å². The van der Waals surface area contributed by atoms with Gasteiger partial charge in [-0.3, -0.25) is 14.4 Å². The van der Waals surface area contributed by atoms with E-state index in [4.69, 9.17) is 14.2 Å². The van der Waals surface area contributed by atoms with E-state index >= 15 is 0 Å². The molecule has 0 spiro atoms. The van der Waals surface area contributed by atoms with Gasteiger partial charge in [-0.2, -0.15) is 0 Å². The normalized spacial score (nSPS) is 12.2. The zero-order chi connectivity index (χ0) is 47.9. The molecule has 0 aliphatic heterocycles. The second-order valence-corrected chi connectivity index (χ2v) is 19.6. The summed E-state index contributed by atoms with van der Waals surface area (Å²) in [4.78, 5) is 37.6.